The molecule has 0 atom stereocenters. The van der Waals surface area contributed by atoms with Gasteiger partial charge in [0.1, 0.15) is 6.54 Å². The van der Waals surface area contributed by atoms with Crippen molar-refractivity contribution in [3.05, 3.63) is 52.3 Å². The Morgan fingerprint density at radius 1 is 1.03 bits per heavy atom. The summed E-state index contributed by atoms with van der Waals surface area (Å²) in [5.41, 5.74) is 2.28. The van der Waals surface area contributed by atoms with Gasteiger partial charge in [-0.2, -0.15) is 4.99 Å². The highest BCUT2D eigenvalue weighted by Crippen LogP contribution is 2.29. The first-order valence-corrected chi connectivity index (χ1v) is 10.4. The number of benzene rings is 2. The highest BCUT2D eigenvalue weighted by atomic mass is 32.1. The maximum absolute atomic E-state index is 12.9. The summed E-state index contributed by atoms with van der Waals surface area (Å²) >= 11 is 1.35. The van der Waals surface area contributed by atoms with Crippen LogP contribution >= 0.6 is 11.3 Å². The molecule has 0 aliphatic rings. The fourth-order valence-corrected chi connectivity index (χ4v) is 4.07. The Labute approximate surface area is 178 Å². The van der Waals surface area contributed by atoms with Crippen LogP contribution in [0.5, 0.6) is 11.5 Å². The highest BCUT2D eigenvalue weighted by molar-refractivity contribution is 7.16. The summed E-state index contributed by atoms with van der Waals surface area (Å²) in [7, 11) is 1.33. The SMILES string of the molecule is CCOc1ccc(C(=O)N=c2sc3cc(C)ccc3n2CC(=O)OC)cc1OCC. The summed E-state index contributed by atoms with van der Waals surface area (Å²) in [4.78, 5) is 29.6. The van der Waals surface area contributed by atoms with E-state index in [-0.39, 0.29) is 6.54 Å². The molecule has 0 saturated carbocycles. The third-order valence-corrected chi connectivity index (χ3v) is 5.38. The molecule has 7 nitrogen and oxygen atoms in total. The molecule has 2 aromatic carbocycles. The molecule has 1 amide bonds. The molecule has 8 heteroatoms. The second kappa shape index (κ2) is 9.58. The summed E-state index contributed by atoms with van der Waals surface area (Å²) in [5, 5.41) is 0. The van der Waals surface area contributed by atoms with E-state index in [0.717, 1.165) is 15.8 Å². The monoisotopic (exact) mass is 428 g/mol. The van der Waals surface area contributed by atoms with Gasteiger partial charge in [-0.3, -0.25) is 9.59 Å². The molecule has 0 spiro atoms. The Balaban J connectivity index is 2.07. The lowest BCUT2D eigenvalue weighted by molar-refractivity contribution is -0.141. The number of methoxy groups -OCH3 is 1. The minimum atomic E-state index is -0.430. The number of ether oxygens (including phenoxy) is 3. The van der Waals surface area contributed by atoms with Gasteiger partial charge < -0.3 is 18.8 Å². The van der Waals surface area contributed by atoms with Crippen LogP contribution in [-0.2, 0) is 16.1 Å². The predicted molar refractivity (Wildman–Crippen MR) is 115 cm³/mol. The highest BCUT2D eigenvalue weighted by Gasteiger charge is 2.14. The fourth-order valence-electron chi connectivity index (χ4n) is 2.95. The van der Waals surface area contributed by atoms with Crippen molar-refractivity contribution in [1.82, 2.24) is 4.57 Å². The molecule has 0 unspecified atom stereocenters. The molecule has 3 aromatic rings. The van der Waals surface area contributed by atoms with Crippen molar-refractivity contribution in [2.45, 2.75) is 27.3 Å². The second-order valence-corrected chi connectivity index (χ2v) is 7.47. The molecule has 158 valence electrons. The molecule has 3 rings (SSSR count). The quantitative estimate of drug-likeness (QED) is 0.536. The zero-order valence-corrected chi connectivity index (χ0v) is 18.2. The van der Waals surface area contributed by atoms with Gasteiger partial charge in [0.15, 0.2) is 16.3 Å². The first-order chi connectivity index (χ1) is 14.5. The standard InChI is InChI=1S/C22H24N2O5S/c1-5-28-17-10-8-15(12-18(17)29-6-2)21(26)23-22-24(13-20(25)27-4)16-9-7-14(3)11-19(16)30-22/h7-12H,5-6,13H2,1-4H3. The van der Waals surface area contributed by atoms with Crippen LogP contribution in [-0.4, -0.2) is 36.8 Å². The van der Waals surface area contributed by atoms with Crippen molar-refractivity contribution in [3.63, 3.8) is 0 Å². The van der Waals surface area contributed by atoms with Crippen LogP contribution in [0.15, 0.2) is 41.4 Å². The molecule has 1 aromatic heterocycles. The number of amides is 1. The molecule has 0 aliphatic heterocycles. The number of esters is 1. The van der Waals surface area contributed by atoms with Crippen LogP contribution in [0.3, 0.4) is 0 Å². The number of aromatic nitrogens is 1. The lowest BCUT2D eigenvalue weighted by atomic mass is 10.2. The molecule has 0 radical (unpaired) electrons. The van der Waals surface area contributed by atoms with E-state index in [0.29, 0.717) is 35.1 Å². The molecule has 0 saturated heterocycles. The maximum atomic E-state index is 12.9. The normalized spacial score (nSPS) is 11.5. The smallest absolute Gasteiger partial charge is 0.325 e. The zero-order valence-electron chi connectivity index (χ0n) is 17.4. The number of nitrogens with zero attached hydrogens (tertiary/aromatic N) is 2. The van der Waals surface area contributed by atoms with Gasteiger partial charge >= 0.3 is 5.97 Å². The van der Waals surface area contributed by atoms with Crippen LogP contribution in [0, 0.1) is 6.92 Å². The Hall–Kier alpha value is -3.13. The first kappa shape index (κ1) is 21.6. The minimum Gasteiger partial charge on any atom is -0.490 e. The van der Waals surface area contributed by atoms with Gasteiger partial charge in [0.2, 0.25) is 0 Å². The predicted octanol–water partition coefficient (Wildman–Crippen LogP) is 3.72. The van der Waals surface area contributed by atoms with E-state index in [2.05, 4.69) is 4.99 Å². The number of fused-ring (bicyclic) bond motifs is 1. The van der Waals surface area contributed by atoms with E-state index in [1.165, 1.54) is 18.4 Å². The molecular weight excluding hydrogens is 404 g/mol. The number of hydrogen-bond donors (Lipinski definition) is 0. The molecule has 0 fully saturated rings. The molecule has 0 aliphatic carbocycles. The number of thiazole rings is 1. The summed E-state index contributed by atoms with van der Waals surface area (Å²) in [5.74, 6) is 0.230. The van der Waals surface area contributed by atoms with Crippen molar-refractivity contribution in [1.29, 1.82) is 0 Å². The van der Waals surface area contributed by atoms with Gasteiger partial charge in [0.05, 0.1) is 30.5 Å². The van der Waals surface area contributed by atoms with Gasteiger partial charge in [-0.05, 0) is 56.7 Å². The summed E-state index contributed by atoms with van der Waals surface area (Å²) in [6.07, 6.45) is 0. The second-order valence-electron chi connectivity index (χ2n) is 6.46. The lowest BCUT2D eigenvalue weighted by Crippen LogP contribution is -2.22. The Morgan fingerprint density at radius 2 is 1.77 bits per heavy atom. The van der Waals surface area contributed by atoms with E-state index < -0.39 is 11.9 Å². The van der Waals surface area contributed by atoms with E-state index in [1.807, 2.05) is 39.0 Å². The van der Waals surface area contributed by atoms with Crippen LogP contribution in [0.2, 0.25) is 0 Å². The average molecular weight is 429 g/mol. The third kappa shape index (κ3) is 4.71. The van der Waals surface area contributed by atoms with E-state index >= 15 is 0 Å². The molecule has 30 heavy (non-hydrogen) atoms. The largest absolute Gasteiger partial charge is 0.490 e. The molecule has 0 N–H and O–H groups in total. The number of aryl methyl sites for hydroxylation is 1. The topological polar surface area (TPSA) is 79.1 Å². The fraction of sp³-hybridized carbons (Fsp3) is 0.318. The van der Waals surface area contributed by atoms with E-state index in [1.54, 1.807) is 22.8 Å². The third-order valence-electron chi connectivity index (χ3n) is 4.34. The van der Waals surface area contributed by atoms with Crippen molar-refractivity contribution in [3.8, 4) is 11.5 Å². The van der Waals surface area contributed by atoms with Crippen molar-refractivity contribution in [2.75, 3.05) is 20.3 Å². The van der Waals surface area contributed by atoms with Gasteiger partial charge in [-0.25, -0.2) is 0 Å². The maximum Gasteiger partial charge on any atom is 0.325 e. The minimum absolute atomic E-state index is 0.0286. The van der Waals surface area contributed by atoms with Crippen molar-refractivity contribution < 1.29 is 23.8 Å². The Bertz CT molecular complexity index is 1150. The molecular formula is C22H24N2O5S. The zero-order chi connectivity index (χ0) is 21.7. The summed E-state index contributed by atoms with van der Waals surface area (Å²) in [6, 6.07) is 10.9. The van der Waals surface area contributed by atoms with Crippen LogP contribution in [0.4, 0.5) is 0 Å². The number of rotatable bonds is 7. The molecule has 1 heterocycles. The molecule has 0 bridgehead atoms. The van der Waals surface area contributed by atoms with Crippen LogP contribution in [0.25, 0.3) is 10.2 Å². The van der Waals surface area contributed by atoms with E-state index in [9.17, 15) is 9.59 Å². The van der Waals surface area contributed by atoms with Gasteiger partial charge in [-0.15, -0.1) is 0 Å². The number of carbonyl (C=O) groups excluding carboxylic acids is 2. The summed E-state index contributed by atoms with van der Waals surface area (Å²) in [6.45, 7) is 6.65. The number of carbonyl (C=O) groups is 2. The van der Waals surface area contributed by atoms with E-state index in [4.69, 9.17) is 14.2 Å². The average Bonchev–Trinajstić information content (AvgIpc) is 3.05. The van der Waals surface area contributed by atoms with Crippen molar-refractivity contribution >= 4 is 33.4 Å². The lowest BCUT2D eigenvalue weighted by Gasteiger charge is -2.11. The number of hydrogen-bond acceptors (Lipinski definition) is 6. The van der Waals surface area contributed by atoms with Crippen LogP contribution in [0.1, 0.15) is 29.8 Å². The Morgan fingerprint density at radius 3 is 2.47 bits per heavy atom. The van der Waals surface area contributed by atoms with Gasteiger partial charge in [0, 0.05) is 5.56 Å². The van der Waals surface area contributed by atoms with Gasteiger partial charge in [-0.1, -0.05) is 17.4 Å². The van der Waals surface area contributed by atoms with Crippen LogP contribution < -0.4 is 14.3 Å². The van der Waals surface area contributed by atoms with Crippen molar-refractivity contribution in [2.24, 2.45) is 4.99 Å². The van der Waals surface area contributed by atoms with Gasteiger partial charge in [0.25, 0.3) is 5.91 Å². The first-order valence-electron chi connectivity index (χ1n) is 9.62. The Kier molecular flexibility index (Phi) is 6.89. The summed E-state index contributed by atoms with van der Waals surface area (Å²) < 4.78 is 18.6.